The number of aryl methyl sites for hydroxylation is 1. The molecule has 0 aliphatic carbocycles. The first-order valence-electron chi connectivity index (χ1n) is 10.00. The molecule has 1 saturated heterocycles. The molecule has 154 valence electrons. The summed E-state index contributed by atoms with van der Waals surface area (Å²) in [6, 6.07) is 13.1. The molecule has 2 aromatic rings. The monoisotopic (exact) mass is 405 g/mol. The second-order valence-corrected chi connectivity index (χ2v) is 7.69. The second-order valence-electron chi connectivity index (χ2n) is 7.69. The number of imide groups is 1. The van der Waals surface area contributed by atoms with Crippen LogP contribution in [-0.2, 0) is 4.79 Å². The van der Waals surface area contributed by atoms with Gasteiger partial charge in [-0.15, -0.1) is 0 Å². The van der Waals surface area contributed by atoms with E-state index >= 15 is 0 Å². The Morgan fingerprint density at radius 3 is 1.97 bits per heavy atom. The fraction of sp³-hybridized carbons (Fsp3) is 0.304. The number of carbonyl (C=O) groups excluding carboxylic acids is 4. The zero-order valence-corrected chi connectivity index (χ0v) is 17.0. The van der Waals surface area contributed by atoms with Crippen LogP contribution < -0.4 is 0 Å². The molecule has 0 spiro atoms. The highest BCUT2D eigenvalue weighted by molar-refractivity contribution is 6.22. The van der Waals surface area contributed by atoms with E-state index in [2.05, 4.69) is 0 Å². The van der Waals surface area contributed by atoms with Crippen molar-refractivity contribution in [1.82, 2.24) is 14.7 Å². The molecule has 2 aliphatic heterocycles. The largest absolute Gasteiger partial charge is 0.337 e. The van der Waals surface area contributed by atoms with E-state index < -0.39 is 17.9 Å². The van der Waals surface area contributed by atoms with Crippen molar-refractivity contribution in [1.29, 1.82) is 0 Å². The summed E-state index contributed by atoms with van der Waals surface area (Å²) >= 11 is 0. The number of carbonyl (C=O) groups is 4. The number of nitrogens with zero attached hydrogens (tertiary/aromatic N) is 3. The summed E-state index contributed by atoms with van der Waals surface area (Å²) in [5.41, 5.74) is 2.31. The Balaban J connectivity index is 1.41. The van der Waals surface area contributed by atoms with Crippen molar-refractivity contribution < 1.29 is 19.2 Å². The first kappa shape index (κ1) is 19.8. The van der Waals surface area contributed by atoms with Crippen molar-refractivity contribution in [3.63, 3.8) is 0 Å². The number of hydrogen-bond donors (Lipinski definition) is 0. The summed E-state index contributed by atoms with van der Waals surface area (Å²) in [7, 11) is 0. The van der Waals surface area contributed by atoms with Gasteiger partial charge in [-0.1, -0.05) is 29.8 Å². The number of piperazine rings is 1. The second kappa shape index (κ2) is 7.74. The Morgan fingerprint density at radius 2 is 1.40 bits per heavy atom. The lowest BCUT2D eigenvalue weighted by Gasteiger charge is -2.37. The predicted octanol–water partition coefficient (Wildman–Crippen LogP) is 1.96. The maximum atomic E-state index is 13.0. The zero-order valence-electron chi connectivity index (χ0n) is 17.0. The van der Waals surface area contributed by atoms with Crippen molar-refractivity contribution in [3.05, 3.63) is 70.8 Å². The molecular formula is C23H23N3O4. The summed E-state index contributed by atoms with van der Waals surface area (Å²) in [4.78, 5) is 55.4. The quantitative estimate of drug-likeness (QED) is 0.732. The van der Waals surface area contributed by atoms with Crippen LogP contribution in [0.15, 0.2) is 48.5 Å². The Hall–Kier alpha value is -3.48. The lowest BCUT2D eigenvalue weighted by atomic mass is 10.1. The van der Waals surface area contributed by atoms with Gasteiger partial charge >= 0.3 is 0 Å². The summed E-state index contributed by atoms with van der Waals surface area (Å²) in [6.45, 7) is 5.07. The maximum Gasteiger partial charge on any atom is 0.262 e. The minimum atomic E-state index is -0.892. The molecule has 2 aromatic carbocycles. The first-order chi connectivity index (χ1) is 14.4. The predicted molar refractivity (Wildman–Crippen MR) is 110 cm³/mol. The van der Waals surface area contributed by atoms with Crippen LogP contribution in [0.4, 0.5) is 0 Å². The van der Waals surface area contributed by atoms with Crippen LogP contribution in [0, 0.1) is 6.92 Å². The van der Waals surface area contributed by atoms with Crippen LogP contribution in [0.1, 0.15) is 43.6 Å². The third-order valence-corrected chi connectivity index (χ3v) is 5.71. The zero-order chi connectivity index (χ0) is 21.4. The molecule has 30 heavy (non-hydrogen) atoms. The molecule has 4 rings (SSSR count). The minimum absolute atomic E-state index is 0.0563. The van der Waals surface area contributed by atoms with Crippen LogP contribution in [0.25, 0.3) is 0 Å². The smallest absolute Gasteiger partial charge is 0.262 e. The van der Waals surface area contributed by atoms with Gasteiger partial charge in [0.05, 0.1) is 11.1 Å². The van der Waals surface area contributed by atoms with Crippen LogP contribution in [0.2, 0.25) is 0 Å². The van der Waals surface area contributed by atoms with Gasteiger partial charge < -0.3 is 9.80 Å². The standard InChI is InChI=1S/C23H23N3O4/c1-15-6-5-7-17(14-15)21(28)25-12-10-24(11-13-25)20(27)16(2)26-22(29)18-8-3-4-9-19(18)23(26)30/h3-9,14,16H,10-13H2,1-2H3. The molecule has 0 bridgehead atoms. The molecule has 2 aliphatic rings. The van der Waals surface area contributed by atoms with Gasteiger partial charge in [-0.2, -0.15) is 0 Å². The molecule has 4 amide bonds. The summed E-state index contributed by atoms with van der Waals surface area (Å²) in [6.07, 6.45) is 0. The molecular weight excluding hydrogens is 382 g/mol. The number of hydrogen-bond acceptors (Lipinski definition) is 4. The molecule has 0 saturated carbocycles. The van der Waals surface area contributed by atoms with E-state index in [1.807, 2.05) is 25.1 Å². The van der Waals surface area contributed by atoms with Gasteiger partial charge in [-0.05, 0) is 38.1 Å². The van der Waals surface area contributed by atoms with Crippen LogP contribution in [0.5, 0.6) is 0 Å². The van der Waals surface area contributed by atoms with Gasteiger partial charge in [-0.25, -0.2) is 0 Å². The molecule has 1 fully saturated rings. The third-order valence-electron chi connectivity index (χ3n) is 5.71. The van der Waals surface area contributed by atoms with Gasteiger partial charge in [0.2, 0.25) is 5.91 Å². The molecule has 2 heterocycles. The average Bonchev–Trinajstić information content (AvgIpc) is 3.03. The van der Waals surface area contributed by atoms with Gasteiger partial charge in [0.1, 0.15) is 6.04 Å². The molecule has 7 heteroatoms. The average molecular weight is 405 g/mol. The first-order valence-corrected chi connectivity index (χ1v) is 10.00. The van der Waals surface area contributed by atoms with Crippen LogP contribution >= 0.6 is 0 Å². The van der Waals surface area contributed by atoms with Crippen molar-refractivity contribution in [2.24, 2.45) is 0 Å². The summed E-state index contributed by atoms with van der Waals surface area (Å²) in [5.74, 6) is -1.22. The number of fused-ring (bicyclic) bond motifs is 1. The Bertz CT molecular complexity index is 1010. The highest BCUT2D eigenvalue weighted by atomic mass is 16.2. The van der Waals surface area contributed by atoms with E-state index in [0.717, 1.165) is 10.5 Å². The van der Waals surface area contributed by atoms with Crippen molar-refractivity contribution in [3.8, 4) is 0 Å². The number of rotatable bonds is 3. The normalized spacial score (nSPS) is 17.2. The molecule has 0 aromatic heterocycles. The van der Waals surface area contributed by atoms with Gasteiger partial charge in [0.25, 0.3) is 17.7 Å². The van der Waals surface area contributed by atoms with Crippen LogP contribution in [0.3, 0.4) is 0 Å². The number of benzene rings is 2. The highest BCUT2D eigenvalue weighted by Crippen LogP contribution is 2.25. The lowest BCUT2D eigenvalue weighted by molar-refractivity contribution is -0.136. The van der Waals surface area contributed by atoms with Crippen LogP contribution in [-0.4, -0.2) is 70.5 Å². The lowest BCUT2D eigenvalue weighted by Crippen LogP contribution is -2.56. The Labute approximate surface area is 174 Å². The Kier molecular flexibility index (Phi) is 5.11. The van der Waals surface area contributed by atoms with E-state index in [1.165, 1.54) is 0 Å². The van der Waals surface area contributed by atoms with E-state index in [9.17, 15) is 19.2 Å². The summed E-state index contributed by atoms with van der Waals surface area (Å²) in [5, 5.41) is 0. The minimum Gasteiger partial charge on any atom is -0.337 e. The third kappa shape index (κ3) is 3.36. The molecule has 7 nitrogen and oxygen atoms in total. The van der Waals surface area contributed by atoms with Gasteiger partial charge in [0.15, 0.2) is 0 Å². The highest BCUT2D eigenvalue weighted by Gasteiger charge is 2.42. The van der Waals surface area contributed by atoms with Crippen molar-refractivity contribution >= 4 is 23.6 Å². The fourth-order valence-electron chi connectivity index (χ4n) is 4.02. The fourth-order valence-corrected chi connectivity index (χ4v) is 4.02. The van der Waals surface area contributed by atoms with E-state index in [4.69, 9.17) is 0 Å². The summed E-state index contributed by atoms with van der Waals surface area (Å²) < 4.78 is 0. The number of amides is 4. The topological polar surface area (TPSA) is 78.0 Å². The molecule has 1 unspecified atom stereocenters. The molecule has 0 N–H and O–H groups in total. The van der Waals surface area contributed by atoms with E-state index in [0.29, 0.717) is 42.9 Å². The molecule has 0 radical (unpaired) electrons. The van der Waals surface area contributed by atoms with Gasteiger partial charge in [-0.3, -0.25) is 24.1 Å². The SMILES string of the molecule is Cc1cccc(C(=O)N2CCN(C(=O)C(C)N3C(=O)c4ccccc4C3=O)CC2)c1. The molecule has 1 atom stereocenters. The van der Waals surface area contributed by atoms with E-state index in [-0.39, 0.29) is 11.8 Å². The van der Waals surface area contributed by atoms with Crippen molar-refractivity contribution in [2.75, 3.05) is 26.2 Å². The maximum absolute atomic E-state index is 13.0. The van der Waals surface area contributed by atoms with Gasteiger partial charge in [0, 0.05) is 31.7 Å². The van der Waals surface area contributed by atoms with E-state index in [1.54, 1.807) is 47.1 Å². The van der Waals surface area contributed by atoms with Crippen molar-refractivity contribution in [2.45, 2.75) is 19.9 Å². The Morgan fingerprint density at radius 1 is 0.833 bits per heavy atom.